The summed E-state index contributed by atoms with van der Waals surface area (Å²) in [4.78, 5) is 4.25. The highest BCUT2D eigenvalue weighted by molar-refractivity contribution is 5.37. The fourth-order valence-corrected chi connectivity index (χ4v) is 2.91. The van der Waals surface area contributed by atoms with Gasteiger partial charge in [-0.3, -0.25) is 4.98 Å². The van der Waals surface area contributed by atoms with Crippen LogP contribution in [-0.4, -0.2) is 23.7 Å². The number of pyridine rings is 1. The number of hydrogen-bond acceptors (Lipinski definition) is 3. The first-order valence-corrected chi connectivity index (χ1v) is 7.77. The summed E-state index contributed by atoms with van der Waals surface area (Å²) in [5.41, 5.74) is 0.951. The molecule has 20 heavy (non-hydrogen) atoms. The van der Waals surface area contributed by atoms with Crippen LogP contribution >= 0.6 is 0 Å². The molecule has 0 amide bonds. The van der Waals surface area contributed by atoms with E-state index in [1.165, 1.54) is 38.5 Å². The molecule has 1 aliphatic carbocycles. The van der Waals surface area contributed by atoms with Crippen molar-refractivity contribution in [2.45, 2.75) is 57.1 Å². The molecule has 106 valence electrons. The van der Waals surface area contributed by atoms with E-state index in [0.717, 1.165) is 24.3 Å². The summed E-state index contributed by atoms with van der Waals surface area (Å²) in [7, 11) is 0. The van der Waals surface area contributed by atoms with E-state index in [2.05, 4.69) is 22.1 Å². The zero-order chi connectivity index (χ0) is 13.6. The zero-order valence-electron chi connectivity index (χ0n) is 11.9. The predicted molar refractivity (Wildman–Crippen MR) is 79.6 cm³/mol. The third kappa shape index (κ3) is 3.74. The number of aromatic nitrogens is 1. The quantitative estimate of drug-likeness (QED) is 0.839. The van der Waals surface area contributed by atoms with Gasteiger partial charge < -0.3 is 10.1 Å². The minimum atomic E-state index is 0.345. The Morgan fingerprint density at radius 3 is 2.80 bits per heavy atom. The molecule has 1 aliphatic heterocycles. The molecule has 1 saturated carbocycles. The average molecular weight is 270 g/mol. The number of hydrogen-bond donors (Lipinski definition) is 1. The average Bonchev–Trinajstić information content (AvgIpc) is 3.00. The van der Waals surface area contributed by atoms with Crippen molar-refractivity contribution < 1.29 is 4.74 Å². The van der Waals surface area contributed by atoms with Crippen LogP contribution in [0.25, 0.3) is 0 Å². The molecule has 0 spiro atoms. The summed E-state index contributed by atoms with van der Waals surface area (Å²) in [5, 5.41) is 3.38. The first kappa shape index (κ1) is 13.5. The van der Waals surface area contributed by atoms with E-state index in [9.17, 15) is 0 Å². The third-order valence-corrected chi connectivity index (χ3v) is 4.02. The molecule has 2 aliphatic rings. The van der Waals surface area contributed by atoms with Gasteiger partial charge in [0.1, 0.15) is 5.75 Å². The normalized spacial score (nSPS) is 23.1. The molecule has 3 heteroatoms. The maximum atomic E-state index is 6.02. The van der Waals surface area contributed by atoms with Crippen LogP contribution in [0.15, 0.2) is 18.5 Å². The van der Waals surface area contributed by atoms with Gasteiger partial charge in [-0.25, -0.2) is 0 Å². The molecule has 0 unspecified atom stereocenters. The molecule has 1 aromatic heterocycles. The molecule has 0 bridgehead atoms. The van der Waals surface area contributed by atoms with Crippen molar-refractivity contribution in [2.24, 2.45) is 0 Å². The van der Waals surface area contributed by atoms with Gasteiger partial charge in [0, 0.05) is 11.8 Å². The molecule has 0 radical (unpaired) electrons. The lowest BCUT2D eigenvalue weighted by Gasteiger charge is -2.22. The summed E-state index contributed by atoms with van der Waals surface area (Å²) >= 11 is 0. The number of nitrogens with one attached hydrogen (secondary N) is 1. The van der Waals surface area contributed by atoms with Crippen molar-refractivity contribution in [1.29, 1.82) is 0 Å². The topological polar surface area (TPSA) is 34.2 Å². The maximum absolute atomic E-state index is 6.02. The van der Waals surface area contributed by atoms with E-state index in [1.807, 2.05) is 12.3 Å². The van der Waals surface area contributed by atoms with Crippen LogP contribution in [0.4, 0.5) is 0 Å². The standard InChI is InChI=1S/C17H22N2O/c1-2-6-16(7-3-1)20-17-11-14(12-18-13-17)8-9-15-5-4-10-19-15/h11-13,15-16,19H,1-7,10H2/t15-/m0/s1. The molecule has 3 rings (SSSR count). The highest BCUT2D eigenvalue weighted by Crippen LogP contribution is 2.23. The summed E-state index contributed by atoms with van der Waals surface area (Å²) in [5.74, 6) is 7.35. The van der Waals surface area contributed by atoms with Crippen LogP contribution in [0.2, 0.25) is 0 Å². The van der Waals surface area contributed by atoms with E-state index in [4.69, 9.17) is 4.74 Å². The van der Waals surface area contributed by atoms with Crippen molar-refractivity contribution >= 4 is 0 Å². The summed E-state index contributed by atoms with van der Waals surface area (Å²) in [6.45, 7) is 1.09. The largest absolute Gasteiger partial charge is 0.489 e. The van der Waals surface area contributed by atoms with E-state index in [0.29, 0.717) is 12.1 Å². The Hall–Kier alpha value is -1.53. The van der Waals surface area contributed by atoms with Gasteiger partial charge in [-0.05, 0) is 51.1 Å². The second-order valence-electron chi connectivity index (χ2n) is 5.71. The molecule has 3 nitrogen and oxygen atoms in total. The van der Waals surface area contributed by atoms with Gasteiger partial charge in [-0.2, -0.15) is 0 Å². The van der Waals surface area contributed by atoms with Gasteiger partial charge in [-0.15, -0.1) is 0 Å². The Balaban J connectivity index is 1.62. The van der Waals surface area contributed by atoms with Gasteiger partial charge in [0.15, 0.2) is 0 Å². The molecule has 2 fully saturated rings. The summed E-state index contributed by atoms with van der Waals surface area (Å²) in [6, 6.07) is 2.36. The molecule has 1 saturated heterocycles. The Bertz CT molecular complexity index is 491. The van der Waals surface area contributed by atoms with Crippen LogP contribution in [0.1, 0.15) is 50.5 Å². The second kappa shape index (κ2) is 6.76. The molecular weight excluding hydrogens is 248 g/mol. The molecule has 2 heterocycles. The van der Waals surface area contributed by atoms with Crippen LogP contribution in [0, 0.1) is 11.8 Å². The molecule has 1 aromatic rings. The number of nitrogens with zero attached hydrogens (tertiary/aromatic N) is 1. The van der Waals surface area contributed by atoms with Crippen molar-refractivity contribution in [3.63, 3.8) is 0 Å². The predicted octanol–water partition coefficient (Wildman–Crippen LogP) is 2.90. The van der Waals surface area contributed by atoms with Crippen LogP contribution in [0.5, 0.6) is 5.75 Å². The Morgan fingerprint density at radius 1 is 1.10 bits per heavy atom. The third-order valence-electron chi connectivity index (χ3n) is 4.02. The first-order valence-electron chi connectivity index (χ1n) is 7.77. The highest BCUT2D eigenvalue weighted by atomic mass is 16.5. The fourth-order valence-electron chi connectivity index (χ4n) is 2.91. The first-order chi connectivity index (χ1) is 9.90. The Kier molecular flexibility index (Phi) is 4.55. The monoisotopic (exact) mass is 270 g/mol. The van der Waals surface area contributed by atoms with Crippen molar-refractivity contribution in [2.75, 3.05) is 6.54 Å². The lowest BCUT2D eigenvalue weighted by molar-refractivity contribution is 0.154. The van der Waals surface area contributed by atoms with Gasteiger partial charge in [0.2, 0.25) is 0 Å². The molecule has 0 aromatic carbocycles. The molecule has 1 atom stereocenters. The minimum absolute atomic E-state index is 0.345. The molecular formula is C17H22N2O. The SMILES string of the molecule is C(#C[C@@H]1CCCN1)c1cncc(OC2CCCCC2)c1. The van der Waals surface area contributed by atoms with Gasteiger partial charge in [0.05, 0.1) is 18.3 Å². The Morgan fingerprint density at radius 2 is 2.00 bits per heavy atom. The summed E-state index contributed by atoms with van der Waals surface area (Å²) in [6.07, 6.45) is 12.6. The van der Waals surface area contributed by atoms with E-state index < -0.39 is 0 Å². The van der Waals surface area contributed by atoms with Crippen LogP contribution in [0.3, 0.4) is 0 Å². The van der Waals surface area contributed by atoms with Gasteiger partial charge in [0.25, 0.3) is 0 Å². The van der Waals surface area contributed by atoms with E-state index in [1.54, 1.807) is 6.20 Å². The number of ether oxygens (including phenoxy) is 1. The van der Waals surface area contributed by atoms with Gasteiger partial charge >= 0.3 is 0 Å². The maximum Gasteiger partial charge on any atom is 0.139 e. The highest BCUT2D eigenvalue weighted by Gasteiger charge is 2.15. The zero-order valence-corrected chi connectivity index (χ0v) is 11.9. The van der Waals surface area contributed by atoms with E-state index in [-0.39, 0.29) is 0 Å². The molecule has 1 N–H and O–H groups in total. The van der Waals surface area contributed by atoms with Crippen molar-refractivity contribution in [3.8, 4) is 17.6 Å². The van der Waals surface area contributed by atoms with Crippen LogP contribution < -0.4 is 10.1 Å². The fraction of sp³-hybridized carbons (Fsp3) is 0.588. The smallest absolute Gasteiger partial charge is 0.139 e. The van der Waals surface area contributed by atoms with Crippen molar-refractivity contribution in [3.05, 3.63) is 24.0 Å². The lowest BCUT2D eigenvalue weighted by atomic mass is 9.98. The summed E-state index contributed by atoms with van der Waals surface area (Å²) < 4.78 is 6.02. The van der Waals surface area contributed by atoms with Crippen LogP contribution in [-0.2, 0) is 0 Å². The van der Waals surface area contributed by atoms with Crippen molar-refractivity contribution in [1.82, 2.24) is 10.3 Å². The lowest BCUT2D eigenvalue weighted by Crippen LogP contribution is -2.19. The van der Waals surface area contributed by atoms with E-state index >= 15 is 0 Å². The Labute approximate surface area is 121 Å². The number of rotatable bonds is 2. The second-order valence-corrected chi connectivity index (χ2v) is 5.71. The minimum Gasteiger partial charge on any atom is -0.489 e. The van der Waals surface area contributed by atoms with Gasteiger partial charge in [-0.1, -0.05) is 18.3 Å².